The quantitative estimate of drug-likeness (QED) is 0.810. The highest BCUT2D eigenvalue weighted by Gasteiger charge is 2.40. The summed E-state index contributed by atoms with van der Waals surface area (Å²) in [6.07, 6.45) is 5.24. The molecule has 2 N–H and O–H groups in total. The van der Waals surface area contributed by atoms with Crippen molar-refractivity contribution in [1.29, 1.82) is 0 Å². The standard InChI is InChI=1S/C17H23NO3/c1-2-17(16(20)21,14-9-4-3-5-10-14)18-15(19)12-11-13-7-6-8-13/h3-5,9-10,13H,2,6-8,11-12H2,1H3,(H,18,19)(H,20,21). The number of carbonyl (C=O) groups excluding carboxylic acids is 1. The summed E-state index contributed by atoms with van der Waals surface area (Å²) < 4.78 is 0. The molecule has 0 saturated heterocycles. The van der Waals surface area contributed by atoms with Crippen LogP contribution in [0.15, 0.2) is 30.3 Å². The largest absolute Gasteiger partial charge is 0.479 e. The molecular formula is C17H23NO3. The third-order valence-corrected chi connectivity index (χ3v) is 4.52. The summed E-state index contributed by atoms with van der Waals surface area (Å²) in [5, 5.41) is 12.4. The zero-order valence-electron chi connectivity index (χ0n) is 12.5. The molecule has 0 spiro atoms. The van der Waals surface area contributed by atoms with Gasteiger partial charge < -0.3 is 10.4 Å². The Morgan fingerprint density at radius 1 is 1.29 bits per heavy atom. The maximum atomic E-state index is 12.2. The number of nitrogens with one attached hydrogen (secondary N) is 1. The van der Waals surface area contributed by atoms with Crippen molar-refractivity contribution in [2.75, 3.05) is 0 Å². The first kappa shape index (κ1) is 15.5. The van der Waals surface area contributed by atoms with E-state index >= 15 is 0 Å². The van der Waals surface area contributed by atoms with Gasteiger partial charge in [-0.1, -0.05) is 56.5 Å². The zero-order chi connectivity index (χ0) is 15.3. The highest BCUT2D eigenvalue weighted by Crippen LogP contribution is 2.31. The van der Waals surface area contributed by atoms with Gasteiger partial charge in [-0.05, 0) is 24.3 Å². The van der Waals surface area contributed by atoms with E-state index in [4.69, 9.17) is 0 Å². The van der Waals surface area contributed by atoms with Crippen LogP contribution >= 0.6 is 0 Å². The highest BCUT2D eigenvalue weighted by molar-refractivity contribution is 5.88. The predicted octanol–water partition coefficient (Wildman–Crippen LogP) is 3.07. The molecule has 4 nitrogen and oxygen atoms in total. The number of benzene rings is 1. The van der Waals surface area contributed by atoms with Gasteiger partial charge in [-0.25, -0.2) is 4.79 Å². The second-order valence-corrected chi connectivity index (χ2v) is 5.81. The van der Waals surface area contributed by atoms with E-state index in [0.717, 1.165) is 6.42 Å². The van der Waals surface area contributed by atoms with Gasteiger partial charge in [-0.3, -0.25) is 4.79 Å². The lowest BCUT2D eigenvalue weighted by Gasteiger charge is -2.31. The van der Waals surface area contributed by atoms with E-state index in [0.29, 0.717) is 24.3 Å². The summed E-state index contributed by atoms with van der Waals surface area (Å²) in [6.45, 7) is 1.79. The van der Waals surface area contributed by atoms with E-state index in [1.54, 1.807) is 31.2 Å². The molecule has 1 unspecified atom stereocenters. The Labute approximate surface area is 125 Å². The number of amides is 1. The van der Waals surface area contributed by atoms with Gasteiger partial charge in [0.05, 0.1) is 0 Å². The molecule has 1 aliphatic rings. The number of rotatable bonds is 7. The average Bonchev–Trinajstić information content (AvgIpc) is 2.43. The van der Waals surface area contributed by atoms with Crippen molar-refractivity contribution in [3.63, 3.8) is 0 Å². The SMILES string of the molecule is CCC(NC(=O)CCC1CCC1)(C(=O)O)c1ccccc1. The minimum absolute atomic E-state index is 0.171. The van der Waals surface area contributed by atoms with E-state index in [2.05, 4.69) is 5.32 Å². The molecule has 1 aromatic rings. The first-order valence-corrected chi connectivity index (χ1v) is 7.68. The summed E-state index contributed by atoms with van der Waals surface area (Å²) >= 11 is 0. The average molecular weight is 289 g/mol. The number of carbonyl (C=O) groups is 2. The van der Waals surface area contributed by atoms with Crippen LogP contribution in [0.3, 0.4) is 0 Å². The van der Waals surface area contributed by atoms with Crippen LogP contribution in [-0.2, 0) is 15.1 Å². The number of aliphatic carboxylic acids is 1. The molecule has 0 aliphatic heterocycles. The van der Waals surface area contributed by atoms with E-state index in [9.17, 15) is 14.7 Å². The normalized spacial score (nSPS) is 17.6. The molecule has 1 aromatic carbocycles. The third-order valence-electron chi connectivity index (χ3n) is 4.52. The van der Waals surface area contributed by atoms with Gasteiger partial charge in [0.25, 0.3) is 0 Å². The molecule has 21 heavy (non-hydrogen) atoms. The summed E-state index contributed by atoms with van der Waals surface area (Å²) in [7, 11) is 0. The van der Waals surface area contributed by atoms with Crippen molar-refractivity contribution in [1.82, 2.24) is 5.32 Å². The number of carboxylic acids is 1. The molecule has 4 heteroatoms. The monoisotopic (exact) mass is 289 g/mol. The topological polar surface area (TPSA) is 66.4 Å². The molecule has 1 atom stereocenters. The van der Waals surface area contributed by atoms with E-state index in [1.807, 2.05) is 6.07 Å². The third kappa shape index (κ3) is 3.43. The second-order valence-electron chi connectivity index (χ2n) is 5.81. The minimum atomic E-state index is -1.32. The van der Waals surface area contributed by atoms with E-state index in [1.165, 1.54) is 19.3 Å². The van der Waals surface area contributed by atoms with E-state index in [-0.39, 0.29) is 5.91 Å². The molecule has 0 radical (unpaired) electrons. The maximum Gasteiger partial charge on any atom is 0.334 e. The lowest BCUT2D eigenvalue weighted by Crippen LogP contribution is -2.51. The van der Waals surface area contributed by atoms with Crippen LogP contribution in [0.4, 0.5) is 0 Å². The first-order chi connectivity index (χ1) is 10.1. The van der Waals surface area contributed by atoms with Crippen LogP contribution in [0.1, 0.15) is 51.0 Å². The molecule has 0 heterocycles. The minimum Gasteiger partial charge on any atom is -0.479 e. The Morgan fingerprint density at radius 3 is 2.43 bits per heavy atom. The second kappa shape index (κ2) is 6.74. The molecule has 1 amide bonds. The lowest BCUT2D eigenvalue weighted by molar-refractivity contribution is -0.148. The number of hydrogen-bond acceptors (Lipinski definition) is 2. The van der Waals surface area contributed by atoms with Crippen molar-refractivity contribution in [2.24, 2.45) is 5.92 Å². The fraction of sp³-hybridized carbons (Fsp3) is 0.529. The van der Waals surface area contributed by atoms with Crippen molar-refractivity contribution < 1.29 is 14.7 Å². The molecule has 2 rings (SSSR count). The van der Waals surface area contributed by atoms with Crippen molar-refractivity contribution in [3.8, 4) is 0 Å². The number of carboxylic acid groups (broad SMARTS) is 1. The molecule has 1 fully saturated rings. The van der Waals surface area contributed by atoms with Crippen LogP contribution in [0.5, 0.6) is 0 Å². The predicted molar refractivity (Wildman–Crippen MR) is 80.8 cm³/mol. The Kier molecular flexibility index (Phi) is 4.99. The number of hydrogen-bond donors (Lipinski definition) is 2. The fourth-order valence-corrected chi connectivity index (χ4v) is 2.83. The summed E-state index contributed by atoms with van der Waals surface area (Å²) in [4.78, 5) is 23.9. The van der Waals surface area contributed by atoms with Gasteiger partial charge in [0, 0.05) is 6.42 Å². The highest BCUT2D eigenvalue weighted by atomic mass is 16.4. The van der Waals surface area contributed by atoms with Crippen LogP contribution in [-0.4, -0.2) is 17.0 Å². The molecule has 114 valence electrons. The summed E-state index contributed by atoms with van der Waals surface area (Å²) in [6, 6.07) is 8.93. The summed E-state index contributed by atoms with van der Waals surface area (Å²) in [5.74, 6) is -0.531. The fourth-order valence-electron chi connectivity index (χ4n) is 2.83. The van der Waals surface area contributed by atoms with Crippen molar-refractivity contribution >= 4 is 11.9 Å². The molecule has 1 saturated carbocycles. The zero-order valence-corrected chi connectivity index (χ0v) is 12.5. The van der Waals surface area contributed by atoms with Gasteiger partial charge in [0.15, 0.2) is 5.54 Å². The van der Waals surface area contributed by atoms with E-state index < -0.39 is 11.5 Å². The summed E-state index contributed by atoms with van der Waals surface area (Å²) in [5.41, 5.74) is -0.699. The first-order valence-electron chi connectivity index (χ1n) is 7.68. The lowest BCUT2D eigenvalue weighted by atomic mass is 9.82. The maximum absolute atomic E-state index is 12.2. The smallest absolute Gasteiger partial charge is 0.334 e. The Morgan fingerprint density at radius 2 is 1.95 bits per heavy atom. The Balaban J connectivity index is 2.08. The Hall–Kier alpha value is -1.84. The van der Waals surface area contributed by atoms with Crippen molar-refractivity contribution in [2.45, 2.75) is 51.0 Å². The van der Waals surface area contributed by atoms with Crippen LogP contribution in [0.25, 0.3) is 0 Å². The van der Waals surface area contributed by atoms with Crippen LogP contribution in [0, 0.1) is 5.92 Å². The molecule has 0 aromatic heterocycles. The van der Waals surface area contributed by atoms with Crippen molar-refractivity contribution in [3.05, 3.63) is 35.9 Å². The van der Waals surface area contributed by atoms with Gasteiger partial charge >= 0.3 is 5.97 Å². The van der Waals surface area contributed by atoms with Crippen LogP contribution in [0.2, 0.25) is 0 Å². The van der Waals surface area contributed by atoms with Gasteiger partial charge in [-0.15, -0.1) is 0 Å². The van der Waals surface area contributed by atoms with Gasteiger partial charge in [-0.2, -0.15) is 0 Å². The van der Waals surface area contributed by atoms with Gasteiger partial charge in [0.2, 0.25) is 5.91 Å². The molecule has 1 aliphatic carbocycles. The van der Waals surface area contributed by atoms with Gasteiger partial charge in [0.1, 0.15) is 0 Å². The van der Waals surface area contributed by atoms with Crippen LogP contribution < -0.4 is 5.32 Å². The molecule has 0 bridgehead atoms. The Bertz CT molecular complexity index is 496. The molecular weight excluding hydrogens is 266 g/mol.